The summed E-state index contributed by atoms with van der Waals surface area (Å²) >= 11 is 13.0. The molecule has 3 aromatic carbocycles. The van der Waals surface area contributed by atoms with Gasteiger partial charge in [0.1, 0.15) is 6.29 Å². The maximum Gasteiger partial charge on any atom is 0.255 e. The van der Waals surface area contributed by atoms with Crippen molar-refractivity contribution in [1.29, 1.82) is 0 Å². The number of nitrogens with one attached hydrogen (secondary N) is 2. The molecule has 0 aromatic heterocycles. The van der Waals surface area contributed by atoms with Gasteiger partial charge in [-0.3, -0.25) is 19.2 Å². The summed E-state index contributed by atoms with van der Waals surface area (Å²) in [6.07, 6.45) is 4.45. The van der Waals surface area contributed by atoms with E-state index in [1.807, 2.05) is 0 Å². The second-order valence-electron chi connectivity index (χ2n) is 10.9. The molecular formula is C31H31Cl2N3O6S. The van der Waals surface area contributed by atoms with Crippen LogP contribution < -0.4 is 10.2 Å². The Labute approximate surface area is 260 Å². The number of fused-ring (bicyclic) bond motifs is 1. The molecule has 9 nitrogen and oxygen atoms in total. The van der Waals surface area contributed by atoms with Crippen molar-refractivity contribution in [2.75, 3.05) is 6.26 Å². The number of benzene rings is 3. The molecule has 0 bridgehead atoms. The Bertz CT molecular complexity index is 1650. The van der Waals surface area contributed by atoms with Crippen LogP contribution in [0.2, 0.25) is 10.0 Å². The summed E-state index contributed by atoms with van der Waals surface area (Å²) in [5, 5.41) is 0.654. The predicted octanol–water partition coefficient (Wildman–Crippen LogP) is 5.20. The summed E-state index contributed by atoms with van der Waals surface area (Å²) in [5.74, 6) is -1.81. The highest BCUT2D eigenvalue weighted by atomic mass is 35.5. The Morgan fingerprint density at radius 2 is 1.79 bits per heavy atom. The highest BCUT2D eigenvalue weighted by Crippen LogP contribution is 2.47. The molecule has 2 aliphatic rings. The standard InChI is InChI=1S/C31H31Cl2N3O6S/c1-43(40,41)35-26-11-4-5-12-27(26)36-29(24-14-13-21(32)16-25(24)33)28(22-9-2-3-10-23(22)31(36)39)30(38)34-42-18-20-8-6-7-19(15-20)17-37/h2-3,6-10,13-17,26-29,35H,4-5,11-12,18H2,1H3,(H,34,38)/t26-,27-,28+,29-/m1/s1. The Hall–Kier alpha value is -3.28. The zero-order valence-electron chi connectivity index (χ0n) is 23.3. The number of aldehydes is 1. The van der Waals surface area contributed by atoms with Crippen LogP contribution in [-0.2, 0) is 26.3 Å². The number of carbonyl (C=O) groups excluding carboxylic acids is 3. The van der Waals surface area contributed by atoms with Crippen molar-refractivity contribution < 1.29 is 27.6 Å². The van der Waals surface area contributed by atoms with Crippen LogP contribution in [0.4, 0.5) is 0 Å². The van der Waals surface area contributed by atoms with Gasteiger partial charge in [-0.25, -0.2) is 18.6 Å². The number of hydrogen-bond donors (Lipinski definition) is 2. The normalized spacial score (nSPS) is 22.1. The number of carbonyl (C=O) groups is 3. The predicted molar refractivity (Wildman–Crippen MR) is 163 cm³/mol. The van der Waals surface area contributed by atoms with Crippen molar-refractivity contribution in [3.63, 3.8) is 0 Å². The van der Waals surface area contributed by atoms with E-state index in [9.17, 15) is 22.8 Å². The molecular weight excluding hydrogens is 613 g/mol. The Morgan fingerprint density at radius 1 is 1.02 bits per heavy atom. The SMILES string of the molecule is CS(=O)(=O)N[C@@H]1CCCC[C@H]1N1C(=O)c2ccccc2[C@H](C(=O)NOCc2cccc(C=O)c2)[C@H]1c1ccc(Cl)cc1Cl. The number of hydroxylamine groups is 1. The van der Waals surface area contributed by atoms with Gasteiger partial charge in [-0.1, -0.05) is 78.5 Å². The zero-order valence-corrected chi connectivity index (χ0v) is 25.7. The molecule has 0 saturated heterocycles. The number of amides is 2. The molecule has 226 valence electrons. The number of halogens is 2. The first-order valence-electron chi connectivity index (χ1n) is 13.9. The lowest BCUT2D eigenvalue weighted by Gasteiger charge is -2.49. The first-order chi connectivity index (χ1) is 20.6. The lowest BCUT2D eigenvalue weighted by atomic mass is 9.76. The van der Waals surface area contributed by atoms with Crippen LogP contribution in [-0.4, -0.2) is 49.8 Å². The molecule has 1 heterocycles. The molecule has 12 heteroatoms. The monoisotopic (exact) mass is 643 g/mol. The molecule has 0 radical (unpaired) electrons. The van der Waals surface area contributed by atoms with Gasteiger partial charge in [-0.2, -0.15) is 0 Å². The summed E-state index contributed by atoms with van der Waals surface area (Å²) < 4.78 is 27.4. The van der Waals surface area contributed by atoms with Crippen LogP contribution in [0.1, 0.15) is 75.0 Å². The molecule has 2 N–H and O–H groups in total. The van der Waals surface area contributed by atoms with Crippen LogP contribution >= 0.6 is 23.2 Å². The van der Waals surface area contributed by atoms with E-state index in [0.717, 1.165) is 25.4 Å². The van der Waals surface area contributed by atoms with Crippen LogP contribution in [0.15, 0.2) is 66.7 Å². The average molecular weight is 645 g/mol. The van der Waals surface area contributed by atoms with E-state index in [4.69, 9.17) is 28.0 Å². The molecule has 43 heavy (non-hydrogen) atoms. The van der Waals surface area contributed by atoms with Crippen molar-refractivity contribution in [2.24, 2.45) is 0 Å². The van der Waals surface area contributed by atoms with E-state index >= 15 is 0 Å². The lowest BCUT2D eigenvalue weighted by molar-refractivity contribution is -0.138. The minimum atomic E-state index is -3.60. The van der Waals surface area contributed by atoms with E-state index < -0.39 is 40.0 Å². The van der Waals surface area contributed by atoms with E-state index in [0.29, 0.717) is 45.7 Å². The number of sulfonamides is 1. The second kappa shape index (κ2) is 13.2. The third kappa shape index (κ3) is 6.94. The largest absolute Gasteiger partial charge is 0.326 e. The first-order valence-corrected chi connectivity index (χ1v) is 16.5. The first kappa shape index (κ1) is 31.2. The maximum atomic E-state index is 14.3. The second-order valence-corrected chi connectivity index (χ2v) is 13.5. The minimum Gasteiger partial charge on any atom is -0.326 e. The summed E-state index contributed by atoms with van der Waals surface area (Å²) in [4.78, 5) is 46.8. The fourth-order valence-corrected chi connectivity index (χ4v) is 7.48. The molecule has 0 spiro atoms. The van der Waals surface area contributed by atoms with E-state index in [1.54, 1.807) is 71.6 Å². The fourth-order valence-electron chi connectivity index (χ4n) is 6.14. The summed E-state index contributed by atoms with van der Waals surface area (Å²) in [6.45, 7) is -0.000220. The Balaban J connectivity index is 1.58. The van der Waals surface area contributed by atoms with Gasteiger partial charge in [0.05, 0.1) is 24.8 Å². The molecule has 0 unspecified atom stereocenters. The molecule has 1 aliphatic heterocycles. The highest BCUT2D eigenvalue weighted by molar-refractivity contribution is 7.88. The molecule has 1 aliphatic carbocycles. The number of nitrogens with zero attached hydrogens (tertiary/aromatic N) is 1. The van der Waals surface area contributed by atoms with Crippen molar-refractivity contribution >= 4 is 51.3 Å². The van der Waals surface area contributed by atoms with Gasteiger partial charge in [0.25, 0.3) is 11.8 Å². The van der Waals surface area contributed by atoms with Gasteiger partial charge in [-0.05, 0) is 53.8 Å². The van der Waals surface area contributed by atoms with Gasteiger partial charge in [0, 0.05) is 33.3 Å². The van der Waals surface area contributed by atoms with Crippen molar-refractivity contribution in [3.05, 3.63) is 105 Å². The van der Waals surface area contributed by atoms with Crippen molar-refractivity contribution in [3.8, 4) is 0 Å². The van der Waals surface area contributed by atoms with Crippen LogP contribution in [0.25, 0.3) is 0 Å². The molecule has 1 saturated carbocycles. The fraction of sp³-hybridized carbons (Fsp3) is 0.323. The van der Waals surface area contributed by atoms with E-state index in [2.05, 4.69) is 10.2 Å². The smallest absolute Gasteiger partial charge is 0.255 e. The van der Waals surface area contributed by atoms with Crippen LogP contribution in [0.3, 0.4) is 0 Å². The van der Waals surface area contributed by atoms with Gasteiger partial charge in [0.2, 0.25) is 10.0 Å². The van der Waals surface area contributed by atoms with Gasteiger partial charge >= 0.3 is 0 Å². The topological polar surface area (TPSA) is 122 Å². The average Bonchev–Trinajstić information content (AvgIpc) is 2.97. The highest BCUT2D eigenvalue weighted by Gasteiger charge is 2.49. The molecule has 3 aromatic rings. The van der Waals surface area contributed by atoms with Crippen molar-refractivity contribution in [2.45, 2.75) is 56.3 Å². The minimum absolute atomic E-state index is 0.000220. The number of hydrogen-bond acceptors (Lipinski definition) is 6. The van der Waals surface area contributed by atoms with Crippen LogP contribution in [0.5, 0.6) is 0 Å². The molecule has 1 fully saturated rings. The molecule has 4 atom stereocenters. The van der Waals surface area contributed by atoms with Gasteiger partial charge < -0.3 is 4.90 Å². The summed E-state index contributed by atoms with van der Waals surface area (Å²) in [7, 11) is -3.60. The molecule has 5 rings (SSSR count). The lowest BCUT2D eigenvalue weighted by Crippen LogP contribution is -2.59. The third-order valence-electron chi connectivity index (χ3n) is 7.89. The van der Waals surface area contributed by atoms with Crippen LogP contribution in [0, 0.1) is 0 Å². The van der Waals surface area contributed by atoms with Crippen molar-refractivity contribution in [1.82, 2.24) is 15.1 Å². The van der Waals surface area contributed by atoms with E-state index in [1.165, 1.54) is 0 Å². The maximum absolute atomic E-state index is 14.3. The Morgan fingerprint density at radius 3 is 2.53 bits per heavy atom. The Kier molecular flexibility index (Phi) is 9.53. The van der Waals surface area contributed by atoms with Gasteiger partial charge in [-0.15, -0.1) is 0 Å². The third-order valence-corrected chi connectivity index (χ3v) is 9.18. The zero-order chi connectivity index (χ0) is 30.7. The summed E-state index contributed by atoms with van der Waals surface area (Å²) in [6, 6.07) is 16.6. The summed E-state index contributed by atoms with van der Waals surface area (Å²) in [5.41, 5.74) is 5.04. The van der Waals surface area contributed by atoms with Gasteiger partial charge in [0.15, 0.2) is 0 Å². The quantitative estimate of drug-likeness (QED) is 0.244. The molecule has 2 amide bonds. The number of rotatable bonds is 9. The van der Waals surface area contributed by atoms with E-state index in [-0.39, 0.29) is 17.5 Å².